The summed E-state index contributed by atoms with van der Waals surface area (Å²) in [6, 6.07) is 7.99. The van der Waals surface area contributed by atoms with E-state index in [2.05, 4.69) is 10.4 Å². The van der Waals surface area contributed by atoms with E-state index < -0.39 is 10.8 Å². The highest BCUT2D eigenvalue weighted by Crippen LogP contribution is 2.31. The topological polar surface area (TPSA) is 116 Å². The molecule has 3 heterocycles. The second kappa shape index (κ2) is 7.92. The molecule has 0 atom stereocenters. The fraction of sp³-hybridized carbons (Fsp3) is 0.261. The maximum atomic E-state index is 13.3. The molecule has 0 saturated carbocycles. The molecular formula is C23H23N5O4. The fourth-order valence-corrected chi connectivity index (χ4v) is 3.65. The average molecular weight is 433 g/mol. The van der Waals surface area contributed by atoms with Gasteiger partial charge < -0.3 is 9.73 Å². The first-order valence-corrected chi connectivity index (χ1v) is 10.2. The van der Waals surface area contributed by atoms with Gasteiger partial charge in [0.1, 0.15) is 11.5 Å². The van der Waals surface area contributed by atoms with Crippen molar-refractivity contribution >= 4 is 28.3 Å². The van der Waals surface area contributed by atoms with Crippen molar-refractivity contribution in [3.63, 3.8) is 0 Å². The largest absolute Gasteiger partial charge is 0.466 e. The lowest BCUT2D eigenvalue weighted by Gasteiger charge is -2.12. The van der Waals surface area contributed by atoms with Crippen LogP contribution in [0, 0.1) is 30.9 Å². The minimum Gasteiger partial charge on any atom is -0.466 e. The highest BCUT2D eigenvalue weighted by molar-refractivity contribution is 6.13. The molecular weight excluding hydrogens is 410 g/mol. The van der Waals surface area contributed by atoms with Gasteiger partial charge in [-0.15, -0.1) is 0 Å². The summed E-state index contributed by atoms with van der Waals surface area (Å²) in [6.07, 6.45) is 1.62. The van der Waals surface area contributed by atoms with Crippen molar-refractivity contribution in [3.8, 4) is 11.3 Å². The summed E-state index contributed by atoms with van der Waals surface area (Å²) >= 11 is 0. The first kappa shape index (κ1) is 21.2. The van der Waals surface area contributed by atoms with Crippen LogP contribution >= 0.6 is 0 Å². The summed E-state index contributed by atoms with van der Waals surface area (Å²) in [7, 11) is 0. The monoisotopic (exact) mass is 433 g/mol. The number of anilines is 1. The molecule has 0 aliphatic heterocycles. The molecule has 1 N–H and O–H groups in total. The molecule has 0 aliphatic carbocycles. The van der Waals surface area contributed by atoms with Gasteiger partial charge in [0.15, 0.2) is 5.65 Å². The number of nitrogens with zero attached hydrogens (tertiary/aromatic N) is 4. The van der Waals surface area contributed by atoms with Crippen LogP contribution in [0.15, 0.2) is 40.9 Å². The first-order chi connectivity index (χ1) is 15.2. The second-order valence-electron chi connectivity index (χ2n) is 8.01. The number of nitro benzene ring substituents is 1. The molecule has 0 fully saturated rings. The number of rotatable bonds is 5. The Balaban J connectivity index is 1.86. The van der Waals surface area contributed by atoms with E-state index in [1.54, 1.807) is 29.9 Å². The predicted octanol–water partition coefficient (Wildman–Crippen LogP) is 5.36. The van der Waals surface area contributed by atoms with Crippen LogP contribution in [0.4, 0.5) is 11.4 Å². The molecule has 1 aromatic carbocycles. The standard InChI is InChI=1S/C23H23N5O4/c1-12(2)27-22-19(11-24-27)18(10-21(25-22)17-8-14(4)32-15(17)5)23(29)26-20-9-16(28(30)31)7-6-13(20)3/h6-12H,1-5H3,(H,26,29). The van der Waals surface area contributed by atoms with Crippen molar-refractivity contribution in [1.82, 2.24) is 14.8 Å². The number of hydrogen-bond acceptors (Lipinski definition) is 6. The van der Waals surface area contributed by atoms with Crippen molar-refractivity contribution in [1.29, 1.82) is 0 Å². The van der Waals surface area contributed by atoms with Crippen molar-refractivity contribution in [2.24, 2.45) is 0 Å². The van der Waals surface area contributed by atoms with E-state index in [1.165, 1.54) is 12.1 Å². The molecule has 0 unspecified atom stereocenters. The molecule has 4 rings (SSSR count). The van der Waals surface area contributed by atoms with Crippen LogP contribution < -0.4 is 5.32 Å². The van der Waals surface area contributed by atoms with Crippen LogP contribution in [0.2, 0.25) is 0 Å². The fourth-order valence-electron chi connectivity index (χ4n) is 3.65. The molecule has 9 nitrogen and oxygen atoms in total. The number of aromatic nitrogens is 3. The van der Waals surface area contributed by atoms with Crippen molar-refractivity contribution < 1.29 is 14.1 Å². The zero-order chi connectivity index (χ0) is 23.2. The van der Waals surface area contributed by atoms with Gasteiger partial charge in [0.25, 0.3) is 11.6 Å². The van der Waals surface area contributed by atoms with E-state index in [0.29, 0.717) is 39.3 Å². The summed E-state index contributed by atoms with van der Waals surface area (Å²) in [4.78, 5) is 28.8. The number of nitrogens with one attached hydrogen (secondary N) is 1. The highest BCUT2D eigenvalue weighted by Gasteiger charge is 2.21. The van der Waals surface area contributed by atoms with Gasteiger partial charge in [-0.3, -0.25) is 14.9 Å². The van der Waals surface area contributed by atoms with Crippen LogP contribution in [-0.4, -0.2) is 25.6 Å². The van der Waals surface area contributed by atoms with E-state index in [1.807, 2.05) is 33.8 Å². The Morgan fingerprint density at radius 1 is 1.19 bits per heavy atom. The minimum atomic E-state index is -0.492. The van der Waals surface area contributed by atoms with E-state index >= 15 is 0 Å². The number of pyridine rings is 1. The Labute approximate surface area is 184 Å². The number of fused-ring (bicyclic) bond motifs is 1. The van der Waals surface area contributed by atoms with Crippen molar-refractivity contribution in [2.75, 3.05) is 5.32 Å². The van der Waals surface area contributed by atoms with Gasteiger partial charge in [-0.2, -0.15) is 5.10 Å². The molecule has 164 valence electrons. The normalized spacial score (nSPS) is 11.3. The minimum absolute atomic E-state index is 0.0392. The van der Waals surface area contributed by atoms with Gasteiger partial charge in [-0.1, -0.05) is 6.07 Å². The Kier molecular flexibility index (Phi) is 5.25. The summed E-state index contributed by atoms with van der Waals surface area (Å²) in [5, 5.41) is 19.0. The van der Waals surface area contributed by atoms with Crippen LogP contribution in [0.3, 0.4) is 0 Å². The smallest absolute Gasteiger partial charge is 0.271 e. The van der Waals surface area contributed by atoms with E-state index in [-0.39, 0.29) is 11.7 Å². The van der Waals surface area contributed by atoms with E-state index in [4.69, 9.17) is 9.40 Å². The summed E-state index contributed by atoms with van der Waals surface area (Å²) in [5.41, 5.74) is 3.34. The summed E-state index contributed by atoms with van der Waals surface area (Å²) < 4.78 is 7.42. The summed E-state index contributed by atoms with van der Waals surface area (Å²) in [5.74, 6) is 1.05. The predicted molar refractivity (Wildman–Crippen MR) is 121 cm³/mol. The quantitative estimate of drug-likeness (QED) is 0.335. The SMILES string of the molecule is Cc1cc(-c2cc(C(=O)Nc3cc([N+](=O)[O-])ccc3C)c3cnn(C(C)C)c3n2)c(C)o1. The van der Waals surface area contributed by atoms with Crippen LogP contribution in [0.25, 0.3) is 22.3 Å². The Morgan fingerprint density at radius 3 is 2.56 bits per heavy atom. The lowest BCUT2D eigenvalue weighted by Crippen LogP contribution is -2.14. The number of hydrogen-bond donors (Lipinski definition) is 1. The molecule has 9 heteroatoms. The number of carbonyl (C=O) groups is 1. The Hall–Kier alpha value is -4.01. The number of non-ortho nitro benzene ring substituents is 1. The van der Waals surface area contributed by atoms with Crippen LogP contribution in [0.1, 0.15) is 47.3 Å². The third kappa shape index (κ3) is 3.73. The third-order valence-corrected chi connectivity index (χ3v) is 5.30. The lowest BCUT2D eigenvalue weighted by atomic mass is 10.1. The molecule has 0 bridgehead atoms. The van der Waals surface area contributed by atoms with E-state index in [9.17, 15) is 14.9 Å². The van der Waals surface area contributed by atoms with Gasteiger partial charge in [-0.05, 0) is 52.3 Å². The lowest BCUT2D eigenvalue weighted by molar-refractivity contribution is -0.384. The molecule has 0 spiro atoms. The number of furan rings is 1. The van der Waals surface area contributed by atoms with Gasteiger partial charge in [0, 0.05) is 23.7 Å². The van der Waals surface area contributed by atoms with Crippen LogP contribution in [-0.2, 0) is 0 Å². The molecule has 0 aliphatic rings. The number of benzene rings is 1. The molecule has 3 aromatic heterocycles. The Morgan fingerprint density at radius 2 is 1.94 bits per heavy atom. The molecule has 0 saturated heterocycles. The molecule has 1 amide bonds. The van der Waals surface area contributed by atoms with Crippen molar-refractivity contribution in [2.45, 2.75) is 40.7 Å². The third-order valence-electron chi connectivity index (χ3n) is 5.30. The number of nitro groups is 1. The average Bonchev–Trinajstić information content (AvgIpc) is 3.31. The number of carbonyl (C=O) groups excluding carboxylic acids is 1. The number of aryl methyl sites for hydroxylation is 3. The zero-order valence-corrected chi connectivity index (χ0v) is 18.5. The van der Waals surface area contributed by atoms with Gasteiger partial charge in [0.05, 0.1) is 33.5 Å². The maximum absolute atomic E-state index is 13.3. The Bertz CT molecular complexity index is 1370. The van der Waals surface area contributed by atoms with Gasteiger partial charge >= 0.3 is 0 Å². The summed E-state index contributed by atoms with van der Waals surface area (Å²) in [6.45, 7) is 9.45. The van der Waals surface area contributed by atoms with Crippen LogP contribution in [0.5, 0.6) is 0 Å². The van der Waals surface area contributed by atoms with E-state index in [0.717, 1.165) is 11.3 Å². The maximum Gasteiger partial charge on any atom is 0.271 e. The van der Waals surface area contributed by atoms with Gasteiger partial charge in [-0.25, -0.2) is 9.67 Å². The highest BCUT2D eigenvalue weighted by atomic mass is 16.6. The van der Waals surface area contributed by atoms with Gasteiger partial charge in [0.2, 0.25) is 0 Å². The first-order valence-electron chi connectivity index (χ1n) is 10.2. The second-order valence-corrected chi connectivity index (χ2v) is 8.01. The zero-order valence-electron chi connectivity index (χ0n) is 18.5. The molecule has 32 heavy (non-hydrogen) atoms. The molecule has 4 aromatic rings. The number of amides is 1. The molecule has 0 radical (unpaired) electrons. The van der Waals surface area contributed by atoms with Crippen molar-refractivity contribution in [3.05, 3.63) is 69.3 Å².